The van der Waals surface area contributed by atoms with Crippen molar-refractivity contribution in [2.24, 2.45) is 0 Å². The van der Waals surface area contributed by atoms with E-state index in [2.05, 4.69) is 63.5 Å². The molecule has 2 nitrogen and oxygen atoms in total. The highest BCUT2D eigenvalue weighted by Gasteiger charge is 2.18. The number of aryl methyl sites for hydroxylation is 2. The number of aromatic nitrogens is 1. The third-order valence-electron chi connectivity index (χ3n) is 3.55. The minimum Gasteiger partial charge on any atom is -0.304 e. The summed E-state index contributed by atoms with van der Waals surface area (Å²) in [6.07, 6.45) is 1.13. The summed E-state index contributed by atoms with van der Waals surface area (Å²) in [7, 11) is 0. The molecule has 1 atom stereocenters. The topological polar surface area (TPSA) is 24.9 Å². The first-order valence-corrected chi connectivity index (χ1v) is 8.66. The van der Waals surface area contributed by atoms with Crippen LogP contribution < -0.4 is 5.32 Å². The maximum atomic E-state index is 4.85. The van der Waals surface area contributed by atoms with E-state index in [1.165, 1.54) is 27.4 Å². The standard InChI is InChI=1S/C18H26N2S/c1-6-7-19-17(15-9-13(4)8-14(5)10-15)18-20-16(11-21-18)12(2)3/h8-12,17,19H,6-7H2,1-5H3. The highest BCUT2D eigenvalue weighted by Crippen LogP contribution is 2.28. The van der Waals surface area contributed by atoms with Crippen molar-refractivity contribution in [2.75, 3.05) is 6.54 Å². The first-order chi connectivity index (χ1) is 10.0. The molecule has 1 unspecified atom stereocenters. The molecule has 0 spiro atoms. The smallest absolute Gasteiger partial charge is 0.114 e. The van der Waals surface area contributed by atoms with Gasteiger partial charge in [-0.3, -0.25) is 0 Å². The van der Waals surface area contributed by atoms with Gasteiger partial charge in [0, 0.05) is 5.38 Å². The molecule has 0 saturated heterocycles. The molecule has 114 valence electrons. The van der Waals surface area contributed by atoms with Gasteiger partial charge >= 0.3 is 0 Å². The van der Waals surface area contributed by atoms with Crippen molar-refractivity contribution in [1.29, 1.82) is 0 Å². The summed E-state index contributed by atoms with van der Waals surface area (Å²) < 4.78 is 0. The van der Waals surface area contributed by atoms with Gasteiger partial charge in [0.2, 0.25) is 0 Å². The van der Waals surface area contributed by atoms with Gasteiger partial charge in [-0.1, -0.05) is 50.1 Å². The van der Waals surface area contributed by atoms with E-state index in [-0.39, 0.29) is 6.04 Å². The van der Waals surface area contributed by atoms with Crippen LogP contribution in [0.25, 0.3) is 0 Å². The fraction of sp³-hybridized carbons (Fsp3) is 0.500. The van der Waals surface area contributed by atoms with E-state index in [4.69, 9.17) is 4.98 Å². The Morgan fingerprint density at radius 2 is 1.81 bits per heavy atom. The first-order valence-electron chi connectivity index (χ1n) is 7.78. The average Bonchev–Trinajstić information content (AvgIpc) is 2.88. The molecule has 21 heavy (non-hydrogen) atoms. The Morgan fingerprint density at radius 3 is 2.33 bits per heavy atom. The van der Waals surface area contributed by atoms with Crippen LogP contribution >= 0.6 is 11.3 Å². The van der Waals surface area contributed by atoms with Gasteiger partial charge in [-0.05, 0) is 38.3 Å². The van der Waals surface area contributed by atoms with Gasteiger partial charge in [-0.2, -0.15) is 0 Å². The number of thiazole rings is 1. The van der Waals surface area contributed by atoms with Gasteiger partial charge in [-0.25, -0.2) is 4.98 Å². The van der Waals surface area contributed by atoms with E-state index in [9.17, 15) is 0 Å². The lowest BCUT2D eigenvalue weighted by Crippen LogP contribution is -2.23. The predicted octanol–water partition coefficient (Wildman–Crippen LogP) is 4.97. The predicted molar refractivity (Wildman–Crippen MR) is 92.3 cm³/mol. The van der Waals surface area contributed by atoms with Gasteiger partial charge in [0.1, 0.15) is 5.01 Å². The average molecular weight is 302 g/mol. The van der Waals surface area contributed by atoms with Gasteiger partial charge in [-0.15, -0.1) is 11.3 Å². The number of hydrogen-bond acceptors (Lipinski definition) is 3. The maximum absolute atomic E-state index is 4.85. The molecule has 1 heterocycles. The Morgan fingerprint density at radius 1 is 1.14 bits per heavy atom. The van der Waals surface area contributed by atoms with Gasteiger partial charge in [0.15, 0.2) is 0 Å². The van der Waals surface area contributed by atoms with Crippen LogP contribution in [0.4, 0.5) is 0 Å². The fourth-order valence-corrected chi connectivity index (χ4v) is 3.59. The number of rotatable bonds is 6. The maximum Gasteiger partial charge on any atom is 0.114 e. The molecule has 0 bridgehead atoms. The highest BCUT2D eigenvalue weighted by molar-refractivity contribution is 7.09. The minimum absolute atomic E-state index is 0.209. The van der Waals surface area contributed by atoms with E-state index in [0.29, 0.717) is 5.92 Å². The second-order valence-corrected chi connectivity index (χ2v) is 6.96. The molecular formula is C18H26N2S. The SMILES string of the molecule is CCCNC(c1cc(C)cc(C)c1)c1nc(C(C)C)cs1. The quantitative estimate of drug-likeness (QED) is 0.814. The Labute approximate surface area is 132 Å². The zero-order valence-electron chi connectivity index (χ0n) is 13.7. The normalized spacial score (nSPS) is 12.9. The van der Waals surface area contributed by atoms with Crippen molar-refractivity contribution >= 4 is 11.3 Å². The summed E-state index contributed by atoms with van der Waals surface area (Å²) in [5, 5.41) is 7.03. The van der Waals surface area contributed by atoms with Crippen molar-refractivity contribution in [1.82, 2.24) is 10.3 Å². The number of benzene rings is 1. The molecule has 0 amide bonds. The van der Waals surface area contributed by atoms with Crippen LogP contribution in [0.5, 0.6) is 0 Å². The summed E-state index contributed by atoms with van der Waals surface area (Å²) in [5.74, 6) is 0.487. The van der Waals surface area contributed by atoms with E-state index in [1.807, 2.05) is 0 Å². The first kappa shape index (κ1) is 16.2. The fourth-order valence-electron chi connectivity index (χ4n) is 2.51. The third-order valence-corrected chi connectivity index (χ3v) is 4.48. The van der Waals surface area contributed by atoms with Crippen LogP contribution in [-0.2, 0) is 0 Å². The van der Waals surface area contributed by atoms with Gasteiger partial charge in [0.25, 0.3) is 0 Å². The van der Waals surface area contributed by atoms with E-state index >= 15 is 0 Å². The molecule has 0 aliphatic rings. The summed E-state index contributed by atoms with van der Waals surface area (Å²) >= 11 is 1.77. The van der Waals surface area contributed by atoms with Gasteiger partial charge < -0.3 is 5.32 Å². The van der Waals surface area contributed by atoms with Crippen molar-refractivity contribution in [3.8, 4) is 0 Å². The van der Waals surface area contributed by atoms with Crippen LogP contribution in [0.3, 0.4) is 0 Å². The van der Waals surface area contributed by atoms with Crippen molar-refractivity contribution < 1.29 is 0 Å². The molecule has 0 radical (unpaired) electrons. The molecule has 0 saturated carbocycles. The van der Waals surface area contributed by atoms with Crippen molar-refractivity contribution in [2.45, 2.75) is 53.0 Å². The molecule has 0 aliphatic heterocycles. The van der Waals surface area contributed by atoms with Crippen LogP contribution in [-0.4, -0.2) is 11.5 Å². The summed E-state index contributed by atoms with van der Waals surface area (Å²) in [5.41, 5.74) is 5.15. The Bertz CT molecular complexity index is 566. The Balaban J connectivity index is 2.36. The van der Waals surface area contributed by atoms with E-state index in [0.717, 1.165) is 13.0 Å². The Hall–Kier alpha value is -1.19. The van der Waals surface area contributed by atoms with Crippen molar-refractivity contribution in [3.05, 3.63) is 51.0 Å². The Kier molecular flexibility index (Phi) is 5.54. The lowest BCUT2D eigenvalue weighted by molar-refractivity contribution is 0.593. The second-order valence-electron chi connectivity index (χ2n) is 6.07. The summed E-state index contributed by atoms with van der Waals surface area (Å²) in [6, 6.07) is 6.98. The molecule has 2 aromatic rings. The zero-order chi connectivity index (χ0) is 15.4. The van der Waals surface area contributed by atoms with Crippen molar-refractivity contribution in [3.63, 3.8) is 0 Å². The zero-order valence-corrected chi connectivity index (χ0v) is 14.6. The van der Waals surface area contributed by atoms with E-state index in [1.54, 1.807) is 11.3 Å². The third kappa shape index (κ3) is 4.14. The molecule has 0 aliphatic carbocycles. The second kappa shape index (κ2) is 7.19. The van der Waals surface area contributed by atoms with E-state index < -0.39 is 0 Å². The molecule has 3 heteroatoms. The molecular weight excluding hydrogens is 276 g/mol. The number of hydrogen-bond donors (Lipinski definition) is 1. The lowest BCUT2D eigenvalue weighted by atomic mass is 10.0. The lowest BCUT2D eigenvalue weighted by Gasteiger charge is -2.18. The highest BCUT2D eigenvalue weighted by atomic mass is 32.1. The molecule has 2 rings (SSSR count). The monoisotopic (exact) mass is 302 g/mol. The molecule has 1 aromatic carbocycles. The molecule has 1 aromatic heterocycles. The number of nitrogens with zero attached hydrogens (tertiary/aromatic N) is 1. The van der Waals surface area contributed by atoms with Crippen LogP contribution in [0.15, 0.2) is 23.6 Å². The molecule has 0 fully saturated rings. The number of nitrogens with one attached hydrogen (secondary N) is 1. The van der Waals surface area contributed by atoms with Crippen LogP contribution in [0.2, 0.25) is 0 Å². The summed E-state index contributed by atoms with van der Waals surface area (Å²) in [6.45, 7) is 11.9. The largest absolute Gasteiger partial charge is 0.304 e. The van der Waals surface area contributed by atoms with Gasteiger partial charge in [0.05, 0.1) is 11.7 Å². The molecule has 1 N–H and O–H groups in total. The van der Waals surface area contributed by atoms with Crippen LogP contribution in [0, 0.1) is 13.8 Å². The minimum atomic E-state index is 0.209. The van der Waals surface area contributed by atoms with Crippen LogP contribution in [0.1, 0.15) is 66.5 Å². The summed E-state index contributed by atoms with van der Waals surface area (Å²) in [4.78, 5) is 4.85.